The molecule has 0 aromatic rings. The van der Waals surface area contributed by atoms with Gasteiger partial charge in [-0.2, -0.15) is 13.2 Å². The number of carbonyl (C=O) groups is 5. The molecule has 2 N–H and O–H groups in total. The molecule has 0 unspecified atom stereocenters. The van der Waals surface area contributed by atoms with Crippen LogP contribution in [-0.4, -0.2) is 60.5 Å². The second-order valence-corrected chi connectivity index (χ2v) is 6.58. The van der Waals surface area contributed by atoms with Gasteiger partial charge in [0.2, 0.25) is 11.8 Å². The van der Waals surface area contributed by atoms with Crippen LogP contribution >= 0.6 is 0 Å². The van der Waals surface area contributed by atoms with E-state index in [4.69, 9.17) is 0 Å². The van der Waals surface area contributed by atoms with Gasteiger partial charge in [0.25, 0.3) is 5.91 Å². The van der Waals surface area contributed by atoms with Crippen molar-refractivity contribution in [2.45, 2.75) is 38.3 Å². The molecule has 0 bridgehead atoms. The minimum Gasteiger partial charge on any atom is -0.456 e. The molecular formula is C16H20F3N3O6. The lowest BCUT2D eigenvalue weighted by atomic mass is 9.81. The van der Waals surface area contributed by atoms with Crippen molar-refractivity contribution < 1.29 is 41.9 Å². The highest BCUT2D eigenvalue weighted by Crippen LogP contribution is 2.37. The third-order valence-electron chi connectivity index (χ3n) is 4.54. The Kier molecular flexibility index (Phi) is 6.97. The fourth-order valence-corrected chi connectivity index (χ4v) is 3.26. The zero-order chi connectivity index (χ0) is 20.9. The van der Waals surface area contributed by atoms with Crippen molar-refractivity contribution in [2.24, 2.45) is 11.8 Å². The Morgan fingerprint density at radius 1 is 1.07 bits per heavy atom. The zero-order valence-corrected chi connectivity index (χ0v) is 14.8. The number of halogens is 3. The Bertz CT molecular complexity index is 643. The lowest BCUT2D eigenvalue weighted by molar-refractivity contribution is -0.149. The van der Waals surface area contributed by atoms with Crippen molar-refractivity contribution >= 4 is 29.7 Å². The lowest BCUT2D eigenvalue weighted by Gasteiger charge is -2.19. The van der Waals surface area contributed by atoms with E-state index in [0.717, 1.165) is 17.7 Å². The molecule has 2 aliphatic rings. The van der Waals surface area contributed by atoms with Gasteiger partial charge in [0.05, 0.1) is 18.3 Å². The molecule has 2 rings (SSSR count). The Morgan fingerprint density at radius 3 is 2.18 bits per heavy atom. The summed E-state index contributed by atoms with van der Waals surface area (Å²) in [5, 5.41) is 2.99. The van der Waals surface area contributed by atoms with Gasteiger partial charge < -0.3 is 10.1 Å². The molecule has 5 amide bonds. The van der Waals surface area contributed by atoms with Crippen molar-refractivity contribution in [3.05, 3.63) is 0 Å². The number of imide groups is 2. The smallest absolute Gasteiger partial charge is 0.405 e. The van der Waals surface area contributed by atoms with Crippen LogP contribution in [0.4, 0.5) is 18.0 Å². The lowest BCUT2D eigenvalue weighted by Crippen LogP contribution is -2.44. The predicted octanol–water partition coefficient (Wildman–Crippen LogP) is 0.483. The van der Waals surface area contributed by atoms with E-state index in [-0.39, 0.29) is 36.6 Å². The molecule has 9 nitrogen and oxygen atoms in total. The largest absolute Gasteiger partial charge is 0.456 e. The van der Waals surface area contributed by atoms with Crippen LogP contribution in [-0.2, 0) is 23.9 Å². The second kappa shape index (κ2) is 9.02. The summed E-state index contributed by atoms with van der Waals surface area (Å²) in [5.74, 6) is -3.28. The van der Waals surface area contributed by atoms with E-state index in [1.807, 2.05) is 0 Å². The van der Waals surface area contributed by atoms with E-state index in [2.05, 4.69) is 4.74 Å². The molecule has 2 atom stereocenters. The molecule has 1 saturated carbocycles. The molecular weight excluding hydrogens is 387 g/mol. The number of amides is 5. The van der Waals surface area contributed by atoms with Gasteiger partial charge in [0.15, 0.2) is 6.61 Å². The number of ether oxygens (including phenoxy) is 1. The molecule has 1 saturated heterocycles. The molecule has 1 heterocycles. The highest BCUT2D eigenvalue weighted by atomic mass is 19.4. The average Bonchev–Trinajstić information content (AvgIpc) is 2.87. The van der Waals surface area contributed by atoms with Gasteiger partial charge in [-0.15, -0.1) is 0 Å². The molecule has 2 fully saturated rings. The Labute approximate surface area is 157 Å². The number of carbonyl (C=O) groups excluding carboxylic acids is 5. The third-order valence-corrected chi connectivity index (χ3v) is 4.54. The standard InChI is InChI=1S/C16H20F3N3O6/c17-16(18,19)8-20-15(27)21-11(23)7-28-12(24)5-6-22-13(25)9-3-1-2-4-10(9)14(22)26/h9-10H,1-8H2,(H2,20,21,23,27)/t9-,10-/m0/s1. The Balaban J connectivity index is 1.68. The normalized spacial score (nSPS) is 21.9. The number of hydrogen-bond donors (Lipinski definition) is 2. The van der Waals surface area contributed by atoms with Crippen LogP contribution in [0.2, 0.25) is 0 Å². The molecule has 28 heavy (non-hydrogen) atoms. The van der Waals surface area contributed by atoms with Crippen molar-refractivity contribution in [1.82, 2.24) is 15.5 Å². The Hall–Kier alpha value is -2.66. The monoisotopic (exact) mass is 407 g/mol. The first-order chi connectivity index (χ1) is 13.1. The van der Waals surface area contributed by atoms with E-state index in [0.29, 0.717) is 12.8 Å². The predicted molar refractivity (Wildman–Crippen MR) is 85.3 cm³/mol. The summed E-state index contributed by atoms with van der Waals surface area (Å²) in [5.41, 5.74) is 0. The number of nitrogens with one attached hydrogen (secondary N) is 2. The third kappa shape index (κ3) is 5.92. The first-order valence-electron chi connectivity index (χ1n) is 8.74. The number of hydrogen-bond acceptors (Lipinski definition) is 6. The van der Waals surface area contributed by atoms with Crippen LogP contribution in [0, 0.1) is 11.8 Å². The zero-order valence-electron chi connectivity index (χ0n) is 14.8. The summed E-state index contributed by atoms with van der Waals surface area (Å²) in [4.78, 5) is 59.6. The minimum absolute atomic E-state index is 0.169. The SMILES string of the molecule is O=C(COC(=O)CCN1C(=O)[C@H]2CCCC[C@@H]2C1=O)NC(=O)NCC(F)(F)F. The number of alkyl halides is 3. The van der Waals surface area contributed by atoms with E-state index in [9.17, 15) is 37.1 Å². The fraction of sp³-hybridized carbons (Fsp3) is 0.688. The highest BCUT2D eigenvalue weighted by molar-refractivity contribution is 6.05. The topological polar surface area (TPSA) is 122 Å². The Morgan fingerprint density at radius 2 is 1.64 bits per heavy atom. The number of urea groups is 1. The van der Waals surface area contributed by atoms with E-state index in [1.165, 1.54) is 5.32 Å². The van der Waals surface area contributed by atoms with Gasteiger partial charge in [0.1, 0.15) is 6.54 Å². The molecule has 0 spiro atoms. The minimum atomic E-state index is -4.63. The van der Waals surface area contributed by atoms with Crippen LogP contribution in [0.25, 0.3) is 0 Å². The number of fused-ring (bicyclic) bond motifs is 1. The number of likely N-dealkylation sites (tertiary alicyclic amines) is 1. The number of esters is 1. The second-order valence-electron chi connectivity index (χ2n) is 6.58. The molecule has 156 valence electrons. The maximum atomic E-state index is 12.2. The van der Waals surface area contributed by atoms with E-state index in [1.54, 1.807) is 5.32 Å². The molecule has 0 radical (unpaired) electrons. The first kappa shape index (κ1) is 21.6. The van der Waals surface area contributed by atoms with Crippen molar-refractivity contribution in [3.63, 3.8) is 0 Å². The number of rotatable bonds is 6. The summed E-state index contributed by atoms with van der Waals surface area (Å²) in [6.45, 7) is -2.67. The average molecular weight is 407 g/mol. The van der Waals surface area contributed by atoms with Crippen LogP contribution in [0.5, 0.6) is 0 Å². The van der Waals surface area contributed by atoms with Crippen LogP contribution in [0.1, 0.15) is 32.1 Å². The van der Waals surface area contributed by atoms with E-state index >= 15 is 0 Å². The highest BCUT2D eigenvalue weighted by Gasteiger charge is 2.47. The van der Waals surface area contributed by atoms with Crippen molar-refractivity contribution in [1.29, 1.82) is 0 Å². The number of nitrogens with zero attached hydrogens (tertiary/aromatic N) is 1. The van der Waals surface area contributed by atoms with E-state index < -0.39 is 37.2 Å². The van der Waals surface area contributed by atoms with Crippen molar-refractivity contribution in [2.75, 3.05) is 19.7 Å². The van der Waals surface area contributed by atoms with Gasteiger partial charge in [-0.1, -0.05) is 12.8 Å². The van der Waals surface area contributed by atoms with Gasteiger partial charge in [-0.3, -0.25) is 29.4 Å². The summed E-state index contributed by atoms with van der Waals surface area (Å²) in [6, 6.07) is -1.38. The molecule has 1 aliphatic carbocycles. The summed E-state index contributed by atoms with van der Waals surface area (Å²) in [7, 11) is 0. The van der Waals surface area contributed by atoms with Crippen molar-refractivity contribution in [3.8, 4) is 0 Å². The van der Waals surface area contributed by atoms with Crippen LogP contribution in [0.3, 0.4) is 0 Å². The quantitative estimate of drug-likeness (QED) is 0.488. The molecule has 1 aliphatic heterocycles. The van der Waals surface area contributed by atoms with Gasteiger partial charge in [-0.25, -0.2) is 4.79 Å². The van der Waals surface area contributed by atoms with Crippen LogP contribution < -0.4 is 10.6 Å². The molecule has 12 heteroatoms. The maximum absolute atomic E-state index is 12.2. The van der Waals surface area contributed by atoms with Gasteiger partial charge in [-0.05, 0) is 12.8 Å². The fourth-order valence-electron chi connectivity index (χ4n) is 3.26. The maximum Gasteiger partial charge on any atom is 0.405 e. The summed E-state index contributed by atoms with van der Waals surface area (Å²) < 4.78 is 40.4. The first-order valence-corrected chi connectivity index (χ1v) is 8.74. The van der Waals surface area contributed by atoms with Crippen LogP contribution in [0.15, 0.2) is 0 Å². The molecule has 0 aromatic carbocycles. The summed E-state index contributed by atoms with van der Waals surface area (Å²) >= 11 is 0. The molecule has 0 aromatic heterocycles. The summed E-state index contributed by atoms with van der Waals surface area (Å²) in [6.07, 6.45) is -1.91. The van der Waals surface area contributed by atoms with Gasteiger partial charge >= 0.3 is 18.2 Å². The van der Waals surface area contributed by atoms with Gasteiger partial charge in [0, 0.05) is 6.54 Å².